The molecule has 0 saturated heterocycles. The Morgan fingerprint density at radius 3 is 2.26 bits per heavy atom. The minimum Gasteiger partial charge on any atom is -0.359 e. The van der Waals surface area contributed by atoms with E-state index in [9.17, 15) is 0 Å². The molecule has 2 N–H and O–H groups in total. The van der Waals surface area contributed by atoms with E-state index in [0.717, 1.165) is 6.54 Å². The quantitative estimate of drug-likeness (QED) is 0.670. The molecule has 0 saturated carbocycles. The van der Waals surface area contributed by atoms with Gasteiger partial charge in [-0.05, 0) is 34.8 Å². The lowest BCUT2D eigenvalue weighted by atomic mass is 10.1. The van der Waals surface area contributed by atoms with Crippen LogP contribution in [0.5, 0.6) is 0 Å². The summed E-state index contributed by atoms with van der Waals surface area (Å²) in [4.78, 5) is 1.25. The number of thiocarbonyl (C=S) groups is 1. The lowest BCUT2D eigenvalue weighted by Gasteiger charge is -2.20. The van der Waals surface area contributed by atoms with Gasteiger partial charge in [0.05, 0.1) is 6.04 Å². The van der Waals surface area contributed by atoms with E-state index < -0.39 is 0 Å². The molecular weight excluding hydrogens is 320 g/mol. The smallest absolute Gasteiger partial charge is 0.167 e. The van der Waals surface area contributed by atoms with Crippen molar-refractivity contribution in [3.05, 3.63) is 94.2 Å². The lowest BCUT2D eigenvalue weighted by molar-refractivity contribution is 0.747. The molecule has 0 radical (unpaired) electrons. The van der Waals surface area contributed by atoms with Crippen LogP contribution in [0.4, 0.5) is 0 Å². The van der Waals surface area contributed by atoms with Gasteiger partial charge in [-0.2, -0.15) is 0 Å². The predicted molar refractivity (Wildman–Crippen MR) is 102 cm³/mol. The normalized spacial score (nSPS) is 11.7. The highest BCUT2D eigenvalue weighted by Crippen LogP contribution is 2.25. The van der Waals surface area contributed by atoms with Gasteiger partial charge in [-0.1, -0.05) is 66.7 Å². The minimum absolute atomic E-state index is 0.0759. The molecule has 0 aliphatic heterocycles. The molecule has 0 bridgehead atoms. The summed E-state index contributed by atoms with van der Waals surface area (Å²) in [5.74, 6) is 0. The Hall–Kier alpha value is -2.17. The predicted octanol–water partition coefficient (Wildman–Crippen LogP) is 4.50. The maximum Gasteiger partial charge on any atom is 0.167 e. The monoisotopic (exact) mass is 338 g/mol. The summed E-state index contributed by atoms with van der Waals surface area (Å²) in [5.41, 5.74) is 2.42. The molecule has 0 fully saturated rings. The van der Waals surface area contributed by atoms with E-state index in [-0.39, 0.29) is 6.04 Å². The van der Waals surface area contributed by atoms with Crippen LogP contribution in [-0.4, -0.2) is 5.11 Å². The number of hydrogen-bond donors (Lipinski definition) is 2. The number of hydrogen-bond acceptors (Lipinski definition) is 2. The molecule has 0 unspecified atom stereocenters. The molecule has 23 heavy (non-hydrogen) atoms. The van der Waals surface area contributed by atoms with Crippen LogP contribution in [0.15, 0.2) is 78.2 Å². The van der Waals surface area contributed by atoms with Crippen molar-refractivity contribution in [2.24, 2.45) is 0 Å². The van der Waals surface area contributed by atoms with Crippen molar-refractivity contribution in [2.45, 2.75) is 12.6 Å². The van der Waals surface area contributed by atoms with Crippen LogP contribution in [0.1, 0.15) is 22.0 Å². The van der Waals surface area contributed by atoms with Crippen molar-refractivity contribution in [3.63, 3.8) is 0 Å². The molecule has 3 rings (SSSR count). The highest BCUT2D eigenvalue weighted by Gasteiger charge is 2.15. The Morgan fingerprint density at radius 2 is 1.61 bits per heavy atom. The van der Waals surface area contributed by atoms with Crippen molar-refractivity contribution in [1.29, 1.82) is 0 Å². The maximum absolute atomic E-state index is 5.49. The number of nitrogens with one attached hydrogen (secondary N) is 2. The lowest BCUT2D eigenvalue weighted by Crippen LogP contribution is -2.37. The zero-order valence-corrected chi connectivity index (χ0v) is 14.2. The Bertz CT molecular complexity index is 725. The zero-order chi connectivity index (χ0) is 15.9. The molecule has 3 aromatic rings. The molecule has 0 amide bonds. The molecular formula is C19H18N2S2. The summed E-state index contributed by atoms with van der Waals surface area (Å²) in [5, 5.41) is 9.48. The molecule has 1 aromatic heterocycles. The highest BCUT2D eigenvalue weighted by atomic mass is 32.1. The third-order valence-corrected chi connectivity index (χ3v) is 4.73. The molecule has 0 spiro atoms. The third-order valence-electron chi connectivity index (χ3n) is 3.53. The Labute approximate surface area is 146 Å². The number of rotatable bonds is 5. The fourth-order valence-electron chi connectivity index (χ4n) is 2.38. The van der Waals surface area contributed by atoms with Crippen LogP contribution in [0.3, 0.4) is 0 Å². The van der Waals surface area contributed by atoms with Gasteiger partial charge in [0.2, 0.25) is 0 Å². The summed E-state index contributed by atoms with van der Waals surface area (Å²) in [7, 11) is 0. The van der Waals surface area contributed by atoms with E-state index in [0.29, 0.717) is 5.11 Å². The fourth-order valence-corrected chi connectivity index (χ4v) is 3.37. The summed E-state index contributed by atoms with van der Waals surface area (Å²) < 4.78 is 0. The van der Waals surface area contributed by atoms with Gasteiger partial charge in [0, 0.05) is 11.4 Å². The van der Waals surface area contributed by atoms with Gasteiger partial charge in [-0.3, -0.25) is 0 Å². The van der Waals surface area contributed by atoms with Gasteiger partial charge in [-0.15, -0.1) is 11.3 Å². The SMILES string of the molecule is S=C(NCc1ccccc1)N[C@@H](c1ccccc1)c1cccs1. The standard InChI is InChI=1S/C19H18N2S2/c22-19(20-14-15-8-3-1-4-9-15)21-18(17-12-7-13-23-17)16-10-5-2-6-11-16/h1-13,18H,14H2,(H2,20,21,22)/t18-/m0/s1. The van der Waals surface area contributed by atoms with Crippen molar-refractivity contribution in [1.82, 2.24) is 10.6 Å². The third kappa shape index (κ3) is 4.41. The van der Waals surface area contributed by atoms with E-state index in [2.05, 4.69) is 64.5 Å². The Kier molecular flexibility index (Phi) is 5.40. The second-order valence-corrected chi connectivity index (χ2v) is 6.56. The van der Waals surface area contributed by atoms with Crippen molar-refractivity contribution >= 4 is 28.7 Å². The van der Waals surface area contributed by atoms with Gasteiger partial charge in [0.15, 0.2) is 5.11 Å². The molecule has 2 aromatic carbocycles. The molecule has 2 nitrogen and oxygen atoms in total. The van der Waals surface area contributed by atoms with E-state index in [1.165, 1.54) is 16.0 Å². The second kappa shape index (κ2) is 7.90. The zero-order valence-electron chi connectivity index (χ0n) is 12.6. The minimum atomic E-state index is 0.0759. The van der Waals surface area contributed by atoms with Crippen molar-refractivity contribution < 1.29 is 0 Å². The van der Waals surface area contributed by atoms with Crippen LogP contribution in [-0.2, 0) is 6.54 Å². The number of thiophene rings is 1. The van der Waals surface area contributed by atoms with Crippen molar-refractivity contribution in [3.8, 4) is 0 Å². The van der Waals surface area contributed by atoms with E-state index in [1.807, 2.05) is 24.3 Å². The summed E-state index contributed by atoms with van der Waals surface area (Å²) >= 11 is 7.22. The van der Waals surface area contributed by atoms with Crippen LogP contribution < -0.4 is 10.6 Å². The summed E-state index contributed by atoms with van der Waals surface area (Å²) in [6.07, 6.45) is 0. The molecule has 116 valence electrons. The molecule has 1 atom stereocenters. The fraction of sp³-hybridized carbons (Fsp3) is 0.105. The summed E-state index contributed by atoms with van der Waals surface area (Å²) in [6, 6.07) is 24.9. The van der Waals surface area contributed by atoms with E-state index >= 15 is 0 Å². The maximum atomic E-state index is 5.49. The van der Waals surface area contributed by atoms with Crippen LogP contribution in [0.2, 0.25) is 0 Å². The van der Waals surface area contributed by atoms with E-state index in [1.54, 1.807) is 11.3 Å². The van der Waals surface area contributed by atoms with Gasteiger partial charge < -0.3 is 10.6 Å². The Balaban J connectivity index is 1.68. The average molecular weight is 339 g/mol. The molecule has 0 aliphatic rings. The van der Waals surface area contributed by atoms with Gasteiger partial charge in [0.1, 0.15) is 0 Å². The van der Waals surface area contributed by atoms with Gasteiger partial charge >= 0.3 is 0 Å². The van der Waals surface area contributed by atoms with Gasteiger partial charge in [0.25, 0.3) is 0 Å². The van der Waals surface area contributed by atoms with Crippen LogP contribution in [0, 0.1) is 0 Å². The average Bonchev–Trinajstić information content (AvgIpc) is 3.14. The largest absolute Gasteiger partial charge is 0.359 e. The molecule has 1 heterocycles. The first-order valence-electron chi connectivity index (χ1n) is 7.49. The number of benzene rings is 2. The first-order valence-corrected chi connectivity index (χ1v) is 8.78. The first kappa shape index (κ1) is 15.7. The van der Waals surface area contributed by atoms with Crippen LogP contribution in [0.25, 0.3) is 0 Å². The topological polar surface area (TPSA) is 24.1 Å². The van der Waals surface area contributed by atoms with Gasteiger partial charge in [-0.25, -0.2) is 0 Å². The van der Waals surface area contributed by atoms with Crippen LogP contribution >= 0.6 is 23.6 Å². The highest BCUT2D eigenvalue weighted by molar-refractivity contribution is 7.80. The summed E-state index contributed by atoms with van der Waals surface area (Å²) in [6.45, 7) is 0.721. The van der Waals surface area contributed by atoms with E-state index in [4.69, 9.17) is 12.2 Å². The second-order valence-electron chi connectivity index (χ2n) is 5.17. The van der Waals surface area contributed by atoms with Crippen molar-refractivity contribution in [2.75, 3.05) is 0 Å². The molecule has 0 aliphatic carbocycles. The Morgan fingerprint density at radius 1 is 0.913 bits per heavy atom. The molecule has 4 heteroatoms. The first-order chi connectivity index (χ1) is 11.3.